The smallest absolute Gasteiger partial charge is 0.121 e. The first-order valence-electron chi connectivity index (χ1n) is 8.92. The number of nitrogens with zero attached hydrogens (tertiary/aromatic N) is 1. The first kappa shape index (κ1) is 18.4. The van der Waals surface area contributed by atoms with Crippen LogP contribution in [0.5, 0.6) is 0 Å². The molecule has 1 radical (unpaired) electrons. The molecule has 1 aliphatic heterocycles. The molecule has 1 N–H and O–H groups in total. The summed E-state index contributed by atoms with van der Waals surface area (Å²) < 4.78 is 3.19. The van der Waals surface area contributed by atoms with Crippen molar-refractivity contribution in [2.24, 2.45) is 0 Å². The lowest BCUT2D eigenvalue weighted by molar-refractivity contribution is 0.543. The normalized spacial score (nSPS) is 21.4. The molecule has 1 rings (SSSR count). The Balaban J connectivity index is 2.70. The Hall–Kier alpha value is 0.354. The molecule has 4 heteroatoms. The Morgan fingerprint density at radius 2 is 1.40 bits per heavy atom. The maximum atomic E-state index is 3.90. The fraction of sp³-hybridized carbons (Fsp3) is 0.938. The van der Waals surface area contributed by atoms with E-state index in [9.17, 15) is 0 Å². The lowest BCUT2D eigenvalue weighted by Crippen LogP contribution is -2.60. The third-order valence-electron chi connectivity index (χ3n) is 5.92. The molecule has 0 aromatic rings. The molecule has 1 heterocycles. The molecule has 0 bridgehead atoms. The van der Waals surface area contributed by atoms with Gasteiger partial charge in [0.25, 0.3) is 0 Å². The van der Waals surface area contributed by atoms with Gasteiger partial charge in [0.2, 0.25) is 0 Å². The molecule has 0 spiro atoms. The van der Waals surface area contributed by atoms with Gasteiger partial charge in [-0.1, -0.05) is 34.6 Å². The van der Waals surface area contributed by atoms with Gasteiger partial charge >= 0.3 is 0 Å². The van der Waals surface area contributed by atoms with Crippen LogP contribution in [0.2, 0.25) is 36.3 Å². The van der Waals surface area contributed by atoms with E-state index in [4.69, 9.17) is 0 Å². The minimum absolute atomic E-state index is 1.01. The predicted octanol–water partition coefficient (Wildman–Crippen LogP) is 4.48. The average Bonchev–Trinajstić information content (AvgIpc) is 2.82. The van der Waals surface area contributed by atoms with Crippen molar-refractivity contribution in [3.8, 4) is 0 Å². The van der Waals surface area contributed by atoms with Gasteiger partial charge in [-0.05, 0) is 68.7 Å². The number of rotatable bonds is 10. The minimum Gasteiger partial charge on any atom is -0.345 e. The van der Waals surface area contributed by atoms with Gasteiger partial charge < -0.3 is 9.55 Å². The number of hydrogen-bond acceptors (Lipinski definition) is 2. The molecule has 0 atom stereocenters. The molecule has 2 nitrogen and oxygen atoms in total. The van der Waals surface area contributed by atoms with Crippen LogP contribution in [-0.4, -0.2) is 40.3 Å². The van der Waals surface area contributed by atoms with E-state index in [1.807, 2.05) is 0 Å². The van der Waals surface area contributed by atoms with Crippen molar-refractivity contribution in [1.82, 2.24) is 9.55 Å². The van der Waals surface area contributed by atoms with Gasteiger partial charge in [-0.3, -0.25) is 0 Å². The predicted molar refractivity (Wildman–Crippen MR) is 97.2 cm³/mol. The highest BCUT2D eigenvalue weighted by Crippen LogP contribution is 2.45. The molecular weight excluding hydrogens is 276 g/mol. The second kappa shape index (κ2) is 8.71. The largest absolute Gasteiger partial charge is 0.345 e. The highest BCUT2D eigenvalue weighted by Gasteiger charge is 2.53. The van der Waals surface area contributed by atoms with E-state index >= 15 is 0 Å². The van der Waals surface area contributed by atoms with E-state index in [-0.39, 0.29) is 0 Å². The van der Waals surface area contributed by atoms with Crippen LogP contribution in [0, 0.1) is 6.92 Å². The van der Waals surface area contributed by atoms with Gasteiger partial charge in [0.1, 0.15) is 16.5 Å². The van der Waals surface area contributed by atoms with Crippen molar-refractivity contribution < 1.29 is 0 Å². The average molecular weight is 314 g/mol. The Kier molecular flexibility index (Phi) is 8.02. The Morgan fingerprint density at radius 3 is 1.80 bits per heavy atom. The van der Waals surface area contributed by atoms with Gasteiger partial charge in [-0.15, -0.1) is 0 Å². The van der Waals surface area contributed by atoms with Crippen LogP contribution in [0.1, 0.15) is 40.5 Å². The van der Waals surface area contributed by atoms with Crippen LogP contribution in [0.4, 0.5) is 0 Å². The highest BCUT2D eigenvalue weighted by molar-refractivity contribution is 6.97. The first-order valence-corrected chi connectivity index (χ1v) is 14.1. The van der Waals surface area contributed by atoms with Crippen LogP contribution < -0.4 is 5.32 Å². The van der Waals surface area contributed by atoms with Gasteiger partial charge in [0, 0.05) is 0 Å². The van der Waals surface area contributed by atoms with E-state index < -0.39 is 16.5 Å². The quantitative estimate of drug-likeness (QED) is 0.472. The van der Waals surface area contributed by atoms with Crippen molar-refractivity contribution in [2.45, 2.75) is 76.8 Å². The van der Waals surface area contributed by atoms with Crippen molar-refractivity contribution in [1.29, 1.82) is 0 Å². The monoisotopic (exact) mass is 313 g/mol. The summed E-state index contributed by atoms with van der Waals surface area (Å²) in [5.74, 6) is 0. The van der Waals surface area contributed by atoms with Crippen molar-refractivity contribution in [3.63, 3.8) is 0 Å². The maximum absolute atomic E-state index is 3.90. The van der Waals surface area contributed by atoms with E-state index in [1.54, 1.807) is 12.1 Å². The Bertz CT molecular complexity index is 243. The van der Waals surface area contributed by atoms with Crippen LogP contribution in [0.3, 0.4) is 0 Å². The van der Waals surface area contributed by atoms with E-state index in [0.29, 0.717) is 0 Å². The van der Waals surface area contributed by atoms with Crippen LogP contribution in [0.25, 0.3) is 0 Å². The molecule has 1 aliphatic rings. The number of nitrogens with one attached hydrogen (secondary N) is 1. The third kappa shape index (κ3) is 3.76. The third-order valence-corrected chi connectivity index (χ3v) is 19.6. The first-order chi connectivity index (χ1) is 9.64. The van der Waals surface area contributed by atoms with Crippen molar-refractivity contribution in [2.75, 3.05) is 19.6 Å². The fourth-order valence-electron chi connectivity index (χ4n) is 4.30. The van der Waals surface area contributed by atoms with Crippen LogP contribution in [-0.2, 0) is 0 Å². The molecule has 0 aromatic heterocycles. The zero-order valence-electron chi connectivity index (χ0n) is 14.4. The summed E-state index contributed by atoms with van der Waals surface area (Å²) in [7, 11) is -2.20. The standard InChI is InChI=1S/C16H37N2Si2/c1-6-12-17-13-11-14-18-19(7-2,8-3)15-16-20(18,9-4)10-5/h17H,1,6-16H2,2-5H3. The zero-order chi connectivity index (χ0) is 15.1. The molecule has 1 fully saturated rings. The highest BCUT2D eigenvalue weighted by atomic mass is 28.4. The van der Waals surface area contributed by atoms with Crippen LogP contribution >= 0.6 is 0 Å². The van der Waals surface area contributed by atoms with Gasteiger partial charge in [-0.2, -0.15) is 0 Å². The summed E-state index contributed by atoms with van der Waals surface area (Å²) >= 11 is 0. The number of hydrogen-bond donors (Lipinski definition) is 1. The van der Waals surface area contributed by atoms with E-state index in [1.165, 1.54) is 43.7 Å². The molecule has 0 unspecified atom stereocenters. The molecular formula is C16H37N2Si2. The lowest BCUT2D eigenvalue weighted by Gasteiger charge is -2.45. The van der Waals surface area contributed by atoms with E-state index in [2.05, 4.69) is 44.2 Å². The molecule has 1 saturated heterocycles. The maximum Gasteiger partial charge on any atom is 0.121 e. The summed E-state index contributed by atoms with van der Waals surface area (Å²) in [6.07, 6.45) is 2.35. The van der Waals surface area contributed by atoms with Gasteiger partial charge in [0.05, 0.1) is 0 Å². The molecule has 119 valence electrons. The molecule has 0 aromatic carbocycles. The lowest BCUT2D eigenvalue weighted by atomic mass is 10.4. The summed E-state index contributed by atoms with van der Waals surface area (Å²) in [6, 6.07) is 9.10. The second-order valence-corrected chi connectivity index (χ2v) is 16.7. The van der Waals surface area contributed by atoms with E-state index in [0.717, 1.165) is 13.0 Å². The van der Waals surface area contributed by atoms with Crippen molar-refractivity contribution >= 4 is 16.5 Å². The fourth-order valence-corrected chi connectivity index (χ4v) is 20.4. The topological polar surface area (TPSA) is 15.3 Å². The summed E-state index contributed by atoms with van der Waals surface area (Å²) in [5, 5.41) is 3.53. The SMILES string of the molecule is [CH2]CCNCCCN1[Si](CC)(CC)CC[Si]1(CC)CC. The van der Waals surface area contributed by atoms with Crippen molar-refractivity contribution in [3.05, 3.63) is 6.92 Å². The van der Waals surface area contributed by atoms with Gasteiger partial charge in [-0.25, -0.2) is 0 Å². The molecule has 20 heavy (non-hydrogen) atoms. The van der Waals surface area contributed by atoms with Gasteiger partial charge in [0.15, 0.2) is 0 Å². The Morgan fingerprint density at radius 1 is 0.900 bits per heavy atom. The van der Waals surface area contributed by atoms with Crippen LogP contribution in [0.15, 0.2) is 0 Å². The molecule has 0 amide bonds. The summed E-state index contributed by atoms with van der Waals surface area (Å²) in [4.78, 5) is 0. The molecule has 0 saturated carbocycles. The summed E-state index contributed by atoms with van der Waals surface area (Å²) in [6.45, 7) is 17.4. The zero-order valence-corrected chi connectivity index (χ0v) is 16.4. The Labute approximate surface area is 129 Å². The minimum atomic E-state index is -1.10. The summed E-state index contributed by atoms with van der Waals surface area (Å²) in [5.41, 5.74) is 0. The second-order valence-electron chi connectivity index (χ2n) is 6.47. The molecule has 0 aliphatic carbocycles.